The van der Waals surface area contributed by atoms with E-state index < -0.39 is 9.84 Å². The number of amides is 1. The topological polar surface area (TPSA) is 66.5 Å². The third kappa shape index (κ3) is 6.78. The maximum Gasteiger partial charge on any atom is 0.221 e. The Labute approximate surface area is 151 Å². The maximum absolute atomic E-state index is 12.0. The lowest BCUT2D eigenvalue weighted by molar-refractivity contribution is -0.121. The van der Waals surface area contributed by atoms with Crippen LogP contribution in [-0.2, 0) is 14.6 Å². The van der Waals surface area contributed by atoms with Crippen LogP contribution in [0.15, 0.2) is 24.3 Å². The number of carbonyl (C=O) groups is 1. The third-order valence-corrected chi connectivity index (χ3v) is 5.86. The second kappa shape index (κ2) is 8.81. The summed E-state index contributed by atoms with van der Waals surface area (Å²) in [5.41, 5.74) is 2.41. The van der Waals surface area contributed by atoms with Crippen molar-refractivity contribution in [2.45, 2.75) is 39.2 Å². The molecule has 1 atom stereocenters. The van der Waals surface area contributed by atoms with Crippen molar-refractivity contribution in [1.82, 2.24) is 10.2 Å². The minimum atomic E-state index is -3.11. The molecule has 1 aromatic carbocycles. The molecule has 5 nitrogen and oxygen atoms in total. The Morgan fingerprint density at radius 2 is 1.84 bits per heavy atom. The van der Waals surface area contributed by atoms with Crippen molar-refractivity contribution >= 4 is 15.7 Å². The molecule has 6 heteroatoms. The van der Waals surface area contributed by atoms with Gasteiger partial charge in [0.2, 0.25) is 5.91 Å². The molecule has 0 bridgehead atoms. The van der Waals surface area contributed by atoms with Crippen molar-refractivity contribution in [3.05, 3.63) is 35.4 Å². The molecule has 140 valence electrons. The normalized spacial score (nSPS) is 18.0. The first-order valence-electron chi connectivity index (χ1n) is 8.99. The quantitative estimate of drug-likeness (QED) is 0.804. The number of aryl methyl sites for hydroxylation is 1. The van der Waals surface area contributed by atoms with Gasteiger partial charge in [0.15, 0.2) is 0 Å². The molecule has 1 unspecified atom stereocenters. The van der Waals surface area contributed by atoms with Crippen molar-refractivity contribution in [2.75, 3.05) is 31.6 Å². The van der Waals surface area contributed by atoms with Crippen molar-refractivity contribution in [3.63, 3.8) is 0 Å². The summed E-state index contributed by atoms with van der Waals surface area (Å²) in [6.45, 7) is 6.91. The van der Waals surface area contributed by atoms with Crippen LogP contribution in [0.25, 0.3) is 0 Å². The average molecular weight is 367 g/mol. The van der Waals surface area contributed by atoms with Crippen molar-refractivity contribution in [2.24, 2.45) is 5.92 Å². The summed E-state index contributed by atoms with van der Waals surface area (Å²) in [4.78, 5) is 14.5. The summed E-state index contributed by atoms with van der Waals surface area (Å²) in [5, 5.41) is 2.93. The van der Waals surface area contributed by atoms with Crippen LogP contribution in [0.2, 0.25) is 0 Å². The maximum atomic E-state index is 12.0. The first kappa shape index (κ1) is 19.9. The molecule has 1 heterocycles. The van der Waals surface area contributed by atoms with E-state index >= 15 is 0 Å². The standard InChI is InChI=1S/C19H30N2O3S/c1-15-4-6-17(7-5-15)18(21-11-8-16(2)9-12-21)14-20-19(22)10-13-25(3,23)24/h4-7,16,18H,8-14H2,1-3H3,(H,20,22). The number of carbonyl (C=O) groups excluding carboxylic acids is 1. The number of nitrogens with zero attached hydrogens (tertiary/aromatic N) is 1. The molecule has 1 aliphatic heterocycles. The summed E-state index contributed by atoms with van der Waals surface area (Å²) in [6.07, 6.45) is 3.52. The van der Waals surface area contributed by atoms with Gasteiger partial charge in [-0.2, -0.15) is 0 Å². The zero-order valence-electron chi connectivity index (χ0n) is 15.5. The highest BCUT2D eigenvalue weighted by Gasteiger charge is 2.25. The summed E-state index contributed by atoms with van der Waals surface area (Å²) < 4.78 is 22.4. The zero-order valence-corrected chi connectivity index (χ0v) is 16.3. The lowest BCUT2D eigenvalue weighted by Gasteiger charge is -2.37. The average Bonchev–Trinajstić information content (AvgIpc) is 2.55. The SMILES string of the molecule is Cc1ccc(C(CNC(=O)CCS(C)(=O)=O)N2CCC(C)CC2)cc1. The molecule has 0 aromatic heterocycles. The van der Waals surface area contributed by atoms with Gasteiger partial charge in [-0.05, 0) is 44.3 Å². The second-order valence-corrected chi connectivity index (χ2v) is 9.59. The molecule has 25 heavy (non-hydrogen) atoms. The first-order chi connectivity index (χ1) is 11.7. The number of hydrogen-bond donors (Lipinski definition) is 1. The Kier molecular flexibility index (Phi) is 7.02. The van der Waals surface area contributed by atoms with Crippen molar-refractivity contribution in [1.29, 1.82) is 0 Å². The number of benzene rings is 1. The van der Waals surface area contributed by atoms with E-state index in [1.165, 1.54) is 24.0 Å². The fourth-order valence-electron chi connectivity index (χ4n) is 3.16. The molecule has 2 rings (SSSR count). The van der Waals surface area contributed by atoms with Gasteiger partial charge in [0.1, 0.15) is 9.84 Å². The molecular weight excluding hydrogens is 336 g/mol. The van der Waals surface area contributed by atoms with Gasteiger partial charge in [0.25, 0.3) is 0 Å². The highest BCUT2D eigenvalue weighted by molar-refractivity contribution is 7.90. The predicted molar refractivity (Wildman–Crippen MR) is 101 cm³/mol. The van der Waals surface area contributed by atoms with Crippen LogP contribution < -0.4 is 5.32 Å². The number of hydrogen-bond acceptors (Lipinski definition) is 4. The van der Waals surface area contributed by atoms with Crippen LogP contribution in [0.4, 0.5) is 0 Å². The van der Waals surface area contributed by atoms with E-state index in [9.17, 15) is 13.2 Å². The number of sulfone groups is 1. The van der Waals surface area contributed by atoms with E-state index in [0.717, 1.165) is 25.3 Å². The lowest BCUT2D eigenvalue weighted by atomic mass is 9.95. The van der Waals surface area contributed by atoms with E-state index in [-0.39, 0.29) is 24.1 Å². The van der Waals surface area contributed by atoms with E-state index in [1.54, 1.807) is 0 Å². The van der Waals surface area contributed by atoms with Gasteiger partial charge >= 0.3 is 0 Å². The molecule has 0 saturated carbocycles. The van der Waals surface area contributed by atoms with E-state index in [2.05, 4.69) is 48.3 Å². The minimum Gasteiger partial charge on any atom is -0.354 e. The third-order valence-electron chi connectivity index (χ3n) is 4.91. The smallest absolute Gasteiger partial charge is 0.221 e. The number of likely N-dealkylation sites (tertiary alicyclic amines) is 1. The summed E-state index contributed by atoms with van der Waals surface area (Å²) >= 11 is 0. The van der Waals surface area contributed by atoms with Crippen LogP contribution >= 0.6 is 0 Å². The van der Waals surface area contributed by atoms with Crippen LogP contribution in [0.3, 0.4) is 0 Å². The summed E-state index contributed by atoms with van der Waals surface area (Å²) in [6, 6.07) is 8.58. The van der Waals surface area contributed by atoms with Gasteiger partial charge in [-0.25, -0.2) is 8.42 Å². The van der Waals surface area contributed by atoms with Crippen LogP contribution in [0.1, 0.15) is 43.4 Å². The number of piperidine rings is 1. The molecule has 0 aliphatic carbocycles. The highest BCUT2D eigenvalue weighted by Crippen LogP contribution is 2.26. The highest BCUT2D eigenvalue weighted by atomic mass is 32.2. The molecular formula is C19H30N2O3S. The Hall–Kier alpha value is -1.40. The number of rotatable bonds is 7. The monoisotopic (exact) mass is 366 g/mol. The molecule has 1 N–H and O–H groups in total. The fraction of sp³-hybridized carbons (Fsp3) is 0.632. The predicted octanol–water partition coefficient (Wildman–Crippen LogP) is 2.32. The Bertz CT molecular complexity index is 662. The molecule has 1 saturated heterocycles. The van der Waals surface area contributed by atoms with Crippen LogP contribution in [0, 0.1) is 12.8 Å². The largest absolute Gasteiger partial charge is 0.354 e. The van der Waals surface area contributed by atoms with Gasteiger partial charge in [0, 0.05) is 19.2 Å². The molecule has 1 fully saturated rings. The van der Waals surface area contributed by atoms with Gasteiger partial charge in [-0.1, -0.05) is 36.8 Å². The molecule has 0 radical (unpaired) electrons. The van der Waals surface area contributed by atoms with Gasteiger partial charge in [-0.15, -0.1) is 0 Å². The van der Waals surface area contributed by atoms with E-state index in [4.69, 9.17) is 0 Å². The van der Waals surface area contributed by atoms with E-state index in [0.29, 0.717) is 6.54 Å². The second-order valence-electron chi connectivity index (χ2n) is 7.33. The van der Waals surface area contributed by atoms with Gasteiger partial charge in [0.05, 0.1) is 11.8 Å². The Morgan fingerprint density at radius 3 is 2.40 bits per heavy atom. The van der Waals surface area contributed by atoms with E-state index in [1.807, 2.05) is 0 Å². The molecule has 1 aromatic rings. The van der Waals surface area contributed by atoms with Crippen molar-refractivity contribution < 1.29 is 13.2 Å². The molecule has 1 amide bonds. The molecule has 1 aliphatic rings. The van der Waals surface area contributed by atoms with Crippen LogP contribution in [0.5, 0.6) is 0 Å². The van der Waals surface area contributed by atoms with Crippen LogP contribution in [-0.4, -0.2) is 50.9 Å². The van der Waals surface area contributed by atoms with Gasteiger partial charge in [-0.3, -0.25) is 9.69 Å². The zero-order chi connectivity index (χ0) is 18.4. The minimum absolute atomic E-state index is 0.0243. The molecule has 0 spiro atoms. The Morgan fingerprint density at radius 1 is 1.24 bits per heavy atom. The van der Waals surface area contributed by atoms with Crippen molar-refractivity contribution in [3.8, 4) is 0 Å². The summed E-state index contributed by atoms with van der Waals surface area (Å²) in [5.74, 6) is 0.446. The first-order valence-corrected chi connectivity index (χ1v) is 11.1. The number of nitrogens with one attached hydrogen (secondary N) is 1. The summed E-state index contributed by atoms with van der Waals surface area (Å²) in [7, 11) is -3.11. The lowest BCUT2D eigenvalue weighted by Crippen LogP contribution is -2.42. The Balaban J connectivity index is 2.01. The van der Waals surface area contributed by atoms with Gasteiger partial charge < -0.3 is 5.32 Å². The fourth-order valence-corrected chi connectivity index (χ4v) is 3.72.